The van der Waals surface area contributed by atoms with E-state index in [9.17, 15) is 27.9 Å². The number of carbonyl (C=O) groups is 3. The zero-order chi connectivity index (χ0) is 33.5. The van der Waals surface area contributed by atoms with Gasteiger partial charge >= 0.3 is 18.0 Å². The highest BCUT2D eigenvalue weighted by Gasteiger charge is 2.38. The van der Waals surface area contributed by atoms with E-state index >= 15 is 0 Å². The Bertz CT molecular complexity index is 1440. The number of aliphatic hydroxyl groups is 1. The van der Waals surface area contributed by atoms with Crippen LogP contribution in [-0.4, -0.2) is 68.2 Å². The summed E-state index contributed by atoms with van der Waals surface area (Å²) in [6, 6.07) is 11.8. The second-order valence-corrected chi connectivity index (χ2v) is 15.0. The molecule has 44 heavy (non-hydrogen) atoms. The molecule has 0 fully saturated rings. The second-order valence-electron chi connectivity index (χ2n) is 13.0. The first-order valence-electron chi connectivity index (χ1n) is 14.3. The fourth-order valence-electron chi connectivity index (χ4n) is 4.18. The van der Waals surface area contributed by atoms with Crippen molar-refractivity contribution in [3.8, 4) is 0 Å². The largest absolute Gasteiger partial charge is 0.459 e. The number of rotatable bonds is 12. The molecule has 0 bridgehead atoms. The van der Waals surface area contributed by atoms with Crippen molar-refractivity contribution in [2.24, 2.45) is 0 Å². The van der Waals surface area contributed by atoms with Crippen LogP contribution in [0, 0.1) is 0 Å². The summed E-state index contributed by atoms with van der Waals surface area (Å²) in [5.41, 5.74) is -0.878. The number of aryl methyl sites for hydroxylation is 1. The van der Waals surface area contributed by atoms with E-state index in [1.165, 1.54) is 32.2 Å². The van der Waals surface area contributed by atoms with Crippen molar-refractivity contribution in [3.63, 3.8) is 0 Å². The first kappa shape index (κ1) is 36.6. The standard InChI is InChI=1S/C32H46N2O9S/c1-30(2,3)42-27(36)25-17-24(18-26(19-25)34(8)44(9,39)40)21-41-28(37)32(7,33-29(38)43-31(4,5)6)20-23-13-10-12-22(16-23)14-11-15-35/h10,12-13,16-19,35H,11,14-15,20-21H2,1-9H3,(H,33,38)/t32-/m0/s1. The topological polar surface area (TPSA) is 149 Å². The number of sulfonamides is 1. The number of aliphatic hydroxyl groups excluding tert-OH is 1. The highest BCUT2D eigenvalue weighted by Crippen LogP contribution is 2.25. The summed E-state index contributed by atoms with van der Waals surface area (Å²) in [6.07, 6.45) is 1.51. The van der Waals surface area contributed by atoms with E-state index in [4.69, 9.17) is 14.2 Å². The van der Waals surface area contributed by atoms with Crippen LogP contribution in [0.4, 0.5) is 10.5 Å². The molecule has 0 aliphatic rings. The van der Waals surface area contributed by atoms with Gasteiger partial charge in [0.15, 0.2) is 0 Å². The van der Waals surface area contributed by atoms with Crippen LogP contribution in [0.3, 0.4) is 0 Å². The van der Waals surface area contributed by atoms with E-state index < -0.39 is 44.8 Å². The third-order valence-electron chi connectivity index (χ3n) is 6.24. The van der Waals surface area contributed by atoms with Crippen LogP contribution in [0.25, 0.3) is 0 Å². The number of amides is 1. The Morgan fingerprint density at radius 1 is 0.886 bits per heavy atom. The molecule has 2 N–H and O–H groups in total. The number of esters is 2. The predicted molar refractivity (Wildman–Crippen MR) is 168 cm³/mol. The van der Waals surface area contributed by atoms with Gasteiger partial charge in [0, 0.05) is 20.1 Å². The lowest BCUT2D eigenvalue weighted by Crippen LogP contribution is -2.55. The quantitative estimate of drug-likeness (QED) is 0.254. The Morgan fingerprint density at radius 2 is 1.50 bits per heavy atom. The minimum atomic E-state index is -3.68. The van der Waals surface area contributed by atoms with E-state index in [2.05, 4.69) is 5.32 Å². The van der Waals surface area contributed by atoms with Crippen molar-refractivity contribution in [1.82, 2.24) is 5.32 Å². The van der Waals surface area contributed by atoms with Gasteiger partial charge in [0.1, 0.15) is 23.3 Å². The van der Waals surface area contributed by atoms with Gasteiger partial charge in [-0.1, -0.05) is 24.3 Å². The summed E-state index contributed by atoms with van der Waals surface area (Å²) < 4.78 is 42.1. The van der Waals surface area contributed by atoms with Crippen molar-refractivity contribution in [2.45, 2.75) is 91.1 Å². The lowest BCUT2D eigenvalue weighted by Gasteiger charge is -2.30. The monoisotopic (exact) mass is 634 g/mol. The Kier molecular flexibility index (Phi) is 12.0. The molecule has 244 valence electrons. The molecule has 0 unspecified atom stereocenters. The van der Waals surface area contributed by atoms with E-state index in [0.29, 0.717) is 18.4 Å². The Balaban J connectivity index is 2.43. The number of nitrogens with zero attached hydrogens (tertiary/aromatic N) is 1. The molecular formula is C32H46N2O9S. The minimum absolute atomic E-state index is 0.0469. The normalized spacial score (nSPS) is 13.4. The molecule has 0 aliphatic heterocycles. The average molecular weight is 635 g/mol. The number of benzene rings is 2. The lowest BCUT2D eigenvalue weighted by atomic mass is 9.91. The molecule has 0 aromatic heterocycles. The summed E-state index contributed by atoms with van der Waals surface area (Å²) in [5, 5.41) is 11.9. The molecule has 2 aromatic carbocycles. The Morgan fingerprint density at radius 3 is 2.07 bits per heavy atom. The zero-order valence-electron chi connectivity index (χ0n) is 27.1. The van der Waals surface area contributed by atoms with Gasteiger partial charge in [0.25, 0.3) is 0 Å². The smallest absolute Gasteiger partial charge is 0.408 e. The maximum atomic E-state index is 13.7. The molecule has 11 nitrogen and oxygen atoms in total. The molecule has 2 rings (SSSR count). The van der Waals surface area contributed by atoms with E-state index in [0.717, 1.165) is 21.7 Å². The summed E-state index contributed by atoms with van der Waals surface area (Å²) in [6.45, 7) is 11.5. The van der Waals surface area contributed by atoms with Gasteiger partial charge in [0.2, 0.25) is 10.0 Å². The number of nitrogens with one attached hydrogen (secondary N) is 1. The van der Waals surface area contributed by atoms with Gasteiger partial charge in [-0.3, -0.25) is 4.31 Å². The maximum Gasteiger partial charge on any atom is 0.408 e. The van der Waals surface area contributed by atoms with E-state index in [1.807, 2.05) is 24.3 Å². The third kappa shape index (κ3) is 11.8. The molecule has 12 heteroatoms. The van der Waals surface area contributed by atoms with Crippen molar-refractivity contribution >= 4 is 33.7 Å². The first-order valence-corrected chi connectivity index (χ1v) is 16.1. The van der Waals surface area contributed by atoms with Crippen LogP contribution in [-0.2, 0) is 48.5 Å². The third-order valence-corrected chi connectivity index (χ3v) is 7.45. The molecule has 0 aliphatic carbocycles. The molecule has 0 saturated carbocycles. The van der Waals surface area contributed by atoms with Crippen molar-refractivity contribution in [2.75, 3.05) is 24.2 Å². The van der Waals surface area contributed by atoms with E-state index in [-0.39, 0.29) is 30.9 Å². The van der Waals surface area contributed by atoms with Crippen molar-refractivity contribution in [1.29, 1.82) is 0 Å². The van der Waals surface area contributed by atoms with Crippen LogP contribution in [0.2, 0.25) is 0 Å². The molecule has 0 heterocycles. The SMILES string of the molecule is CN(c1cc(COC(=O)[C@](C)(Cc2cccc(CCCO)c2)NC(=O)OC(C)(C)C)cc(C(=O)OC(C)(C)C)c1)S(C)(=O)=O. The highest BCUT2D eigenvalue weighted by atomic mass is 32.2. The molecule has 1 atom stereocenters. The van der Waals surface area contributed by atoms with E-state index in [1.54, 1.807) is 41.5 Å². The molecule has 2 aromatic rings. The second kappa shape index (κ2) is 14.4. The molecule has 0 radical (unpaired) electrons. The fourth-order valence-corrected chi connectivity index (χ4v) is 4.66. The summed E-state index contributed by atoms with van der Waals surface area (Å²) >= 11 is 0. The molecular weight excluding hydrogens is 588 g/mol. The number of ether oxygens (including phenoxy) is 3. The van der Waals surface area contributed by atoms with Crippen LogP contribution in [0.5, 0.6) is 0 Å². The van der Waals surface area contributed by atoms with Gasteiger partial charge in [-0.25, -0.2) is 22.8 Å². The van der Waals surface area contributed by atoms with Gasteiger partial charge in [0.05, 0.1) is 17.5 Å². The summed E-state index contributed by atoms with van der Waals surface area (Å²) in [5.74, 6) is -1.45. The number of anilines is 1. The first-order chi connectivity index (χ1) is 20.1. The number of hydrogen-bond donors (Lipinski definition) is 2. The fraction of sp³-hybridized carbons (Fsp3) is 0.531. The molecule has 0 saturated heterocycles. The zero-order valence-corrected chi connectivity index (χ0v) is 28.0. The maximum absolute atomic E-state index is 13.7. The van der Waals surface area contributed by atoms with Gasteiger partial charge in [-0.2, -0.15) is 0 Å². The van der Waals surface area contributed by atoms with Crippen LogP contribution in [0.1, 0.15) is 81.9 Å². The average Bonchev–Trinajstić information content (AvgIpc) is 2.87. The predicted octanol–water partition coefficient (Wildman–Crippen LogP) is 4.53. The Hall–Kier alpha value is -3.64. The lowest BCUT2D eigenvalue weighted by molar-refractivity contribution is -0.152. The minimum Gasteiger partial charge on any atom is -0.459 e. The van der Waals surface area contributed by atoms with Gasteiger partial charge < -0.3 is 24.6 Å². The molecule has 1 amide bonds. The van der Waals surface area contributed by atoms with Crippen molar-refractivity contribution < 1.29 is 42.1 Å². The number of carbonyl (C=O) groups excluding carboxylic acids is 3. The van der Waals surface area contributed by atoms with Crippen LogP contribution in [0.15, 0.2) is 42.5 Å². The van der Waals surface area contributed by atoms with Crippen LogP contribution < -0.4 is 9.62 Å². The Labute approximate surface area is 260 Å². The van der Waals surface area contributed by atoms with Gasteiger partial charge in [-0.05, 0) is 96.2 Å². The number of alkyl carbamates (subject to hydrolysis) is 1. The summed E-state index contributed by atoms with van der Waals surface area (Å²) in [4.78, 5) is 39.4. The van der Waals surface area contributed by atoms with Gasteiger partial charge in [-0.15, -0.1) is 0 Å². The molecule has 0 spiro atoms. The van der Waals surface area contributed by atoms with Crippen LogP contribution >= 0.6 is 0 Å². The van der Waals surface area contributed by atoms with Crippen molar-refractivity contribution in [3.05, 3.63) is 64.7 Å². The highest BCUT2D eigenvalue weighted by molar-refractivity contribution is 7.92. The summed E-state index contributed by atoms with van der Waals surface area (Å²) in [7, 11) is -2.34. The number of hydrogen-bond acceptors (Lipinski definition) is 9.